The zero-order chi connectivity index (χ0) is 16.3. The van der Waals surface area contributed by atoms with Crippen molar-refractivity contribution in [1.82, 2.24) is 0 Å². The fraction of sp³-hybridized carbons (Fsp3) is 0.955. The molecule has 0 saturated heterocycles. The van der Waals surface area contributed by atoms with Gasteiger partial charge in [-0.15, -0.1) is 0 Å². The molecule has 0 aromatic carbocycles. The first-order valence-corrected chi connectivity index (χ1v) is 10.6. The van der Waals surface area contributed by atoms with E-state index in [0.717, 1.165) is 12.3 Å². The molecule has 0 aliphatic heterocycles. The molecule has 0 amide bonds. The van der Waals surface area contributed by atoms with E-state index in [-0.39, 0.29) is 0 Å². The summed E-state index contributed by atoms with van der Waals surface area (Å²) >= 11 is 0. The Morgan fingerprint density at radius 3 is 1.18 bits per heavy atom. The monoisotopic (exact) mass is 309 g/mol. The quantitative estimate of drug-likeness (QED) is 0.223. The lowest BCUT2D eigenvalue weighted by Gasteiger charge is -2.07. The second-order valence-electron chi connectivity index (χ2n) is 7.49. The van der Waals surface area contributed by atoms with Crippen molar-refractivity contribution in [2.24, 2.45) is 5.92 Å². The molecule has 0 aliphatic rings. The maximum Gasteiger partial charge on any atom is -0.0443 e. The van der Waals surface area contributed by atoms with E-state index in [1.165, 1.54) is 109 Å². The van der Waals surface area contributed by atoms with Gasteiger partial charge in [-0.1, -0.05) is 136 Å². The van der Waals surface area contributed by atoms with Crippen LogP contribution in [0.4, 0.5) is 0 Å². The summed E-state index contributed by atoms with van der Waals surface area (Å²) in [5, 5.41) is 0. The van der Waals surface area contributed by atoms with Crippen LogP contribution in [0, 0.1) is 12.8 Å². The molecule has 0 nitrogen and oxygen atoms in total. The third-order valence-electron chi connectivity index (χ3n) is 5.04. The summed E-state index contributed by atoms with van der Waals surface area (Å²) in [6.07, 6.45) is 25.9. The van der Waals surface area contributed by atoms with Crippen molar-refractivity contribution in [2.75, 3.05) is 0 Å². The van der Waals surface area contributed by atoms with Gasteiger partial charge in [0.2, 0.25) is 0 Å². The lowest BCUT2D eigenvalue weighted by Crippen LogP contribution is -1.91. The second kappa shape index (κ2) is 19.0. The zero-order valence-electron chi connectivity index (χ0n) is 16.0. The largest absolute Gasteiger partial charge is 0.0654 e. The predicted molar refractivity (Wildman–Crippen MR) is 103 cm³/mol. The van der Waals surface area contributed by atoms with Gasteiger partial charge in [0.1, 0.15) is 0 Å². The fourth-order valence-electron chi connectivity index (χ4n) is 3.19. The molecular formula is C22H45. The molecular weight excluding hydrogens is 264 g/mol. The molecule has 0 fully saturated rings. The van der Waals surface area contributed by atoms with E-state index >= 15 is 0 Å². The lowest BCUT2D eigenvalue weighted by molar-refractivity contribution is 0.481. The van der Waals surface area contributed by atoms with Gasteiger partial charge in [0.15, 0.2) is 0 Å². The van der Waals surface area contributed by atoms with Gasteiger partial charge in [0, 0.05) is 0 Å². The van der Waals surface area contributed by atoms with Crippen LogP contribution >= 0.6 is 0 Å². The van der Waals surface area contributed by atoms with Crippen molar-refractivity contribution in [1.29, 1.82) is 0 Å². The Morgan fingerprint density at radius 2 is 0.864 bits per heavy atom. The Hall–Kier alpha value is 0. The molecule has 0 saturated carbocycles. The van der Waals surface area contributed by atoms with E-state index in [1.54, 1.807) is 0 Å². The summed E-state index contributed by atoms with van der Waals surface area (Å²) in [6, 6.07) is 0. The standard InChI is InChI=1S/C22H45/c1-4-6-7-8-9-10-11-12-13-14-15-16-17-18-19-20-21-22(3)5-2/h22H,2,4-21H2,1,3H3. The van der Waals surface area contributed by atoms with E-state index in [0.29, 0.717) is 0 Å². The van der Waals surface area contributed by atoms with E-state index in [1.807, 2.05) is 0 Å². The summed E-state index contributed by atoms with van der Waals surface area (Å²) in [4.78, 5) is 0. The molecule has 1 unspecified atom stereocenters. The van der Waals surface area contributed by atoms with Crippen LogP contribution in [-0.2, 0) is 0 Å². The van der Waals surface area contributed by atoms with E-state index in [4.69, 9.17) is 0 Å². The number of hydrogen-bond acceptors (Lipinski definition) is 0. The molecule has 0 aromatic heterocycles. The Labute approximate surface area is 142 Å². The first-order chi connectivity index (χ1) is 10.8. The fourth-order valence-corrected chi connectivity index (χ4v) is 3.19. The van der Waals surface area contributed by atoms with Crippen LogP contribution in [-0.4, -0.2) is 0 Å². The summed E-state index contributed by atoms with van der Waals surface area (Å²) in [5.74, 6) is 0.839. The molecule has 0 rings (SSSR count). The zero-order valence-corrected chi connectivity index (χ0v) is 16.0. The SMILES string of the molecule is [CH2]CC(C)CCCCCCCCCCCCCCCCCC. The number of hydrogen-bond donors (Lipinski definition) is 0. The smallest absolute Gasteiger partial charge is 0.0443 e. The average Bonchev–Trinajstić information content (AvgIpc) is 2.54. The van der Waals surface area contributed by atoms with Crippen molar-refractivity contribution in [3.63, 3.8) is 0 Å². The van der Waals surface area contributed by atoms with E-state index < -0.39 is 0 Å². The van der Waals surface area contributed by atoms with Crippen molar-refractivity contribution >= 4 is 0 Å². The van der Waals surface area contributed by atoms with Crippen molar-refractivity contribution in [3.05, 3.63) is 6.92 Å². The van der Waals surface area contributed by atoms with E-state index in [2.05, 4.69) is 20.8 Å². The summed E-state index contributed by atoms with van der Waals surface area (Å²) in [7, 11) is 0. The Kier molecular flexibility index (Phi) is 19.0. The van der Waals surface area contributed by atoms with Crippen LogP contribution < -0.4 is 0 Å². The molecule has 0 N–H and O–H groups in total. The first-order valence-electron chi connectivity index (χ1n) is 10.6. The molecule has 133 valence electrons. The Bertz CT molecular complexity index is 184. The molecule has 0 heteroatoms. The predicted octanol–water partition coefficient (Wildman–Crippen LogP) is 8.50. The van der Waals surface area contributed by atoms with Crippen LogP contribution in [0.25, 0.3) is 0 Å². The van der Waals surface area contributed by atoms with Gasteiger partial charge in [-0.3, -0.25) is 0 Å². The van der Waals surface area contributed by atoms with Gasteiger partial charge in [-0.2, -0.15) is 0 Å². The van der Waals surface area contributed by atoms with Crippen LogP contribution in [0.15, 0.2) is 0 Å². The first kappa shape index (κ1) is 22.0. The van der Waals surface area contributed by atoms with Crippen LogP contribution in [0.5, 0.6) is 0 Å². The highest BCUT2D eigenvalue weighted by molar-refractivity contribution is 4.55. The highest BCUT2D eigenvalue weighted by atomic mass is 14.0. The highest BCUT2D eigenvalue weighted by Crippen LogP contribution is 2.16. The second-order valence-corrected chi connectivity index (χ2v) is 7.49. The number of unbranched alkanes of at least 4 members (excludes halogenated alkanes) is 15. The minimum Gasteiger partial charge on any atom is -0.0654 e. The van der Waals surface area contributed by atoms with Crippen molar-refractivity contribution in [2.45, 2.75) is 129 Å². The summed E-state index contributed by atoms with van der Waals surface area (Å²) in [5.41, 5.74) is 0. The highest BCUT2D eigenvalue weighted by Gasteiger charge is 1.98. The van der Waals surface area contributed by atoms with Gasteiger partial charge < -0.3 is 0 Å². The van der Waals surface area contributed by atoms with E-state index in [9.17, 15) is 0 Å². The number of rotatable bonds is 18. The van der Waals surface area contributed by atoms with Crippen molar-refractivity contribution in [3.8, 4) is 0 Å². The lowest BCUT2D eigenvalue weighted by atomic mass is 9.99. The minimum atomic E-state index is 0.839. The third-order valence-corrected chi connectivity index (χ3v) is 5.04. The third kappa shape index (κ3) is 18.1. The molecule has 1 atom stereocenters. The molecule has 0 aromatic rings. The Morgan fingerprint density at radius 1 is 0.545 bits per heavy atom. The van der Waals surface area contributed by atoms with Gasteiger partial charge in [0.05, 0.1) is 0 Å². The van der Waals surface area contributed by atoms with Crippen molar-refractivity contribution < 1.29 is 0 Å². The van der Waals surface area contributed by atoms with Crippen LogP contribution in [0.3, 0.4) is 0 Å². The molecule has 0 spiro atoms. The molecule has 0 heterocycles. The average molecular weight is 310 g/mol. The summed E-state index contributed by atoms with van der Waals surface area (Å²) in [6.45, 7) is 8.61. The summed E-state index contributed by atoms with van der Waals surface area (Å²) < 4.78 is 0. The minimum absolute atomic E-state index is 0.839. The van der Waals surface area contributed by atoms with Gasteiger partial charge in [-0.05, 0) is 5.92 Å². The molecule has 0 aliphatic carbocycles. The molecule has 1 radical (unpaired) electrons. The Balaban J connectivity index is 2.97. The van der Waals surface area contributed by atoms with Gasteiger partial charge in [0.25, 0.3) is 0 Å². The molecule has 0 bridgehead atoms. The normalized spacial score (nSPS) is 12.7. The van der Waals surface area contributed by atoms with Crippen LogP contribution in [0.1, 0.15) is 129 Å². The van der Waals surface area contributed by atoms with Crippen LogP contribution in [0.2, 0.25) is 0 Å². The maximum absolute atomic E-state index is 3.98. The van der Waals surface area contributed by atoms with Gasteiger partial charge >= 0.3 is 0 Å². The molecule has 22 heavy (non-hydrogen) atoms. The maximum atomic E-state index is 3.98. The topological polar surface area (TPSA) is 0 Å². The van der Waals surface area contributed by atoms with Gasteiger partial charge in [-0.25, -0.2) is 0 Å².